The number of nitrogens with two attached hydrogens (primary N) is 1. The van der Waals surface area contributed by atoms with Crippen molar-refractivity contribution in [3.05, 3.63) is 54.2 Å². The maximum absolute atomic E-state index is 9.31. The van der Waals surface area contributed by atoms with Crippen molar-refractivity contribution in [2.45, 2.75) is 13.0 Å². The van der Waals surface area contributed by atoms with E-state index in [4.69, 9.17) is 5.73 Å². The molecule has 0 aliphatic rings. The van der Waals surface area contributed by atoms with Gasteiger partial charge in [0.15, 0.2) is 0 Å². The maximum Gasteiger partial charge on any atom is 0.128 e. The molecule has 0 bridgehead atoms. The van der Waals surface area contributed by atoms with Crippen LogP contribution in [0.2, 0.25) is 0 Å². The van der Waals surface area contributed by atoms with Crippen molar-refractivity contribution in [1.82, 2.24) is 4.98 Å². The SMILES string of the molecule is NCCCN(Cc1ccc(O)cc1)c1ccccn1. The van der Waals surface area contributed by atoms with Gasteiger partial charge in [-0.25, -0.2) is 4.98 Å². The Labute approximate surface area is 113 Å². The highest BCUT2D eigenvalue weighted by Crippen LogP contribution is 2.16. The second kappa shape index (κ2) is 6.75. The second-order valence-electron chi connectivity index (χ2n) is 4.42. The van der Waals surface area contributed by atoms with E-state index in [9.17, 15) is 5.11 Å². The average Bonchev–Trinajstić information content (AvgIpc) is 2.46. The summed E-state index contributed by atoms with van der Waals surface area (Å²) in [5, 5.41) is 9.31. The molecule has 2 aromatic rings. The summed E-state index contributed by atoms with van der Waals surface area (Å²) in [4.78, 5) is 6.58. The summed E-state index contributed by atoms with van der Waals surface area (Å²) in [6, 6.07) is 13.1. The zero-order valence-electron chi connectivity index (χ0n) is 10.9. The molecular weight excluding hydrogens is 238 g/mol. The van der Waals surface area contributed by atoms with Crippen LogP contribution in [-0.4, -0.2) is 23.2 Å². The van der Waals surface area contributed by atoms with Crippen LogP contribution in [0.1, 0.15) is 12.0 Å². The zero-order valence-corrected chi connectivity index (χ0v) is 10.9. The molecule has 1 aromatic carbocycles. The molecule has 0 aliphatic heterocycles. The van der Waals surface area contributed by atoms with Gasteiger partial charge >= 0.3 is 0 Å². The number of rotatable bonds is 6. The fourth-order valence-corrected chi connectivity index (χ4v) is 1.92. The van der Waals surface area contributed by atoms with E-state index in [1.807, 2.05) is 30.3 Å². The summed E-state index contributed by atoms with van der Waals surface area (Å²) >= 11 is 0. The van der Waals surface area contributed by atoms with E-state index < -0.39 is 0 Å². The van der Waals surface area contributed by atoms with Gasteiger partial charge < -0.3 is 15.7 Å². The van der Waals surface area contributed by atoms with E-state index in [1.165, 1.54) is 0 Å². The fraction of sp³-hybridized carbons (Fsp3) is 0.267. The molecule has 0 fully saturated rings. The lowest BCUT2D eigenvalue weighted by molar-refractivity contribution is 0.475. The minimum atomic E-state index is 0.287. The monoisotopic (exact) mass is 257 g/mol. The van der Waals surface area contributed by atoms with E-state index in [0.29, 0.717) is 6.54 Å². The largest absolute Gasteiger partial charge is 0.508 e. The summed E-state index contributed by atoms with van der Waals surface area (Å²) in [6.07, 6.45) is 2.72. The Hall–Kier alpha value is -2.07. The predicted molar refractivity (Wildman–Crippen MR) is 77.1 cm³/mol. The van der Waals surface area contributed by atoms with Crippen LogP contribution in [0.25, 0.3) is 0 Å². The third kappa shape index (κ3) is 3.96. The van der Waals surface area contributed by atoms with E-state index >= 15 is 0 Å². The van der Waals surface area contributed by atoms with Crippen molar-refractivity contribution in [3.8, 4) is 5.75 Å². The Kier molecular flexibility index (Phi) is 4.75. The van der Waals surface area contributed by atoms with Gasteiger partial charge in [0.2, 0.25) is 0 Å². The quantitative estimate of drug-likeness (QED) is 0.832. The lowest BCUT2D eigenvalue weighted by Crippen LogP contribution is -2.26. The molecule has 0 unspecified atom stereocenters. The van der Waals surface area contributed by atoms with Crippen LogP contribution < -0.4 is 10.6 Å². The smallest absolute Gasteiger partial charge is 0.128 e. The molecular formula is C15H19N3O. The third-order valence-corrected chi connectivity index (χ3v) is 2.92. The van der Waals surface area contributed by atoms with Crippen molar-refractivity contribution in [3.63, 3.8) is 0 Å². The number of hydrogen-bond acceptors (Lipinski definition) is 4. The predicted octanol–water partition coefficient (Wildman–Crippen LogP) is 2.14. The number of pyridine rings is 1. The summed E-state index contributed by atoms with van der Waals surface area (Å²) < 4.78 is 0. The zero-order chi connectivity index (χ0) is 13.5. The molecule has 1 heterocycles. The van der Waals surface area contributed by atoms with Crippen molar-refractivity contribution in [2.24, 2.45) is 5.73 Å². The van der Waals surface area contributed by atoms with Crippen LogP contribution in [-0.2, 0) is 6.54 Å². The van der Waals surface area contributed by atoms with Gasteiger partial charge in [0.1, 0.15) is 11.6 Å². The molecule has 1 aromatic heterocycles. The lowest BCUT2D eigenvalue weighted by Gasteiger charge is -2.23. The summed E-state index contributed by atoms with van der Waals surface area (Å²) in [5.74, 6) is 1.24. The van der Waals surface area contributed by atoms with Crippen LogP contribution in [0.5, 0.6) is 5.75 Å². The first-order valence-electron chi connectivity index (χ1n) is 6.43. The number of phenolic OH excluding ortho intramolecular Hbond substituents is 1. The number of aromatic nitrogens is 1. The van der Waals surface area contributed by atoms with Gasteiger partial charge in [-0.1, -0.05) is 18.2 Å². The second-order valence-corrected chi connectivity index (χ2v) is 4.42. The Bertz CT molecular complexity index is 485. The van der Waals surface area contributed by atoms with Crippen LogP contribution in [0.15, 0.2) is 48.7 Å². The number of phenols is 1. The van der Waals surface area contributed by atoms with Gasteiger partial charge in [0, 0.05) is 19.3 Å². The molecule has 0 saturated carbocycles. The van der Waals surface area contributed by atoms with Gasteiger partial charge in [-0.3, -0.25) is 0 Å². The van der Waals surface area contributed by atoms with Crippen molar-refractivity contribution >= 4 is 5.82 Å². The number of nitrogens with zero attached hydrogens (tertiary/aromatic N) is 2. The first kappa shape index (κ1) is 13.4. The highest BCUT2D eigenvalue weighted by Gasteiger charge is 2.07. The highest BCUT2D eigenvalue weighted by atomic mass is 16.3. The molecule has 0 amide bonds. The first-order chi connectivity index (χ1) is 9.29. The normalized spacial score (nSPS) is 10.4. The minimum Gasteiger partial charge on any atom is -0.508 e. The van der Waals surface area contributed by atoms with E-state index in [0.717, 1.165) is 30.9 Å². The van der Waals surface area contributed by atoms with Crippen LogP contribution in [0.3, 0.4) is 0 Å². The lowest BCUT2D eigenvalue weighted by atomic mass is 10.2. The van der Waals surface area contributed by atoms with Crippen LogP contribution in [0.4, 0.5) is 5.82 Å². The van der Waals surface area contributed by atoms with E-state index in [-0.39, 0.29) is 5.75 Å². The molecule has 19 heavy (non-hydrogen) atoms. The Morgan fingerprint density at radius 1 is 1.11 bits per heavy atom. The fourth-order valence-electron chi connectivity index (χ4n) is 1.92. The van der Waals surface area contributed by atoms with Gasteiger partial charge in [-0.05, 0) is 42.8 Å². The standard InChI is InChI=1S/C15H19N3O/c16-9-3-11-18(15-4-1-2-10-17-15)12-13-5-7-14(19)8-6-13/h1-2,4-8,10,19H,3,9,11-12,16H2. The Morgan fingerprint density at radius 3 is 2.53 bits per heavy atom. The molecule has 0 saturated heterocycles. The van der Waals surface area contributed by atoms with Crippen molar-refractivity contribution < 1.29 is 5.11 Å². The highest BCUT2D eigenvalue weighted by molar-refractivity contribution is 5.39. The summed E-state index contributed by atoms with van der Waals surface area (Å²) in [5.41, 5.74) is 6.73. The molecule has 4 nitrogen and oxygen atoms in total. The molecule has 0 aliphatic carbocycles. The molecule has 2 rings (SSSR count). The van der Waals surface area contributed by atoms with Gasteiger partial charge in [0.25, 0.3) is 0 Å². The number of hydrogen-bond donors (Lipinski definition) is 2. The summed E-state index contributed by atoms with van der Waals surface area (Å²) in [6.45, 7) is 2.30. The molecule has 4 heteroatoms. The molecule has 0 radical (unpaired) electrons. The third-order valence-electron chi connectivity index (χ3n) is 2.92. The van der Waals surface area contributed by atoms with Gasteiger partial charge in [-0.15, -0.1) is 0 Å². The molecule has 0 atom stereocenters. The van der Waals surface area contributed by atoms with Crippen LogP contribution in [0, 0.1) is 0 Å². The van der Waals surface area contributed by atoms with E-state index in [2.05, 4.69) is 9.88 Å². The topological polar surface area (TPSA) is 62.4 Å². The van der Waals surface area contributed by atoms with E-state index in [1.54, 1.807) is 18.3 Å². The van der Waals surface area contributed by atoms with Gasteiger partial charge in [-0.2, -0.15) is 0 Å². The first-order valence-corrected chi connectivity index (χ1v) is 6.43. The van der Waals surface area contributed by atoms with Crippen molar-refractivity contribution in [1.29, 1.82) is 0 Å². The number of anilines is 1. The van der Waals surface area contributed by atoms with Gasteiger partial charge in [0.05, 0.1) is 0 Å². The molecule has 100 valence electrons. The average molecular weight is 257 g/mol. The number of benzene rings is 1. The molecule has 3 N–H and O–H groups in total. The Morgan fingerprint density at radius 2 is 1.89 bits per heavy atom. The summed E-state index contributed by atoms with van der Waals surface area (Å²) in [7, 11) is 0. The minimum absolute atomic E-state index is 0.287. The van der Waals surface area contributed by atoms with Crippen molar-refractivity contribution in [2.75, 3.05) is 18.0 Å². The molecule has 0 spiro atoms. The maximum atomic E-state index is 9.31. The number of aromatic hydroxyl groups is 1. The van der Waals surface area contributed by atoms with Crippen LogP contribution >= 0.6 is 0 Å². The Balaban J connectivity index is 2.11.